The summed E-state index contributed by atoms with van der Waals surface area (Å²) in [4.78, 5) is 2.38. The Hall–Kier alpha value is -1.09. The topological polar surface area (TPSA) is 29.3 Å². The summed E-state index contributed by atoms with van der Waals surface area (Å²) in [5.41, 5.74) is 8.54. The Labute approximate surface area is 122 Å². The highest BCUT2D eigenvalue weighted by atomic mass is 19.1. The van der Waals surface area contributed by atoms with E-state index in [0.29, 0.717) is 5.41 Å². The molecule has 1 atom stereocenters. The molecule has 0 spiro atoms. The molecule has 1 saturated heterocycles. The lowest BCUT2D eigenvalue weighted by Crippen LogP contribution is -2.40. The average molecular weight is 278 g/mol. The molecule has 1 heterocycles. The molecule has 2 N–H and O–H groups in total. The zero-order valence-electron chi connectivity index (χ0n) is 13.0. The fourth-order valence-corrected chi connectivity index (χ4v) is 3.36. The number of hydrogen-bond acceptors (Lipinski definition) is 2. The minimum Gasteiger partial charge on any atom is -0.371 e. The Bertz CT molecular complexity index is 442. The van der Waals surface area contributed by atoms with E-state index in [4.69, 9.17) is 5.73 Å². The van der Waals surface area contributed by atoms with E-state index in [-0.39, 0.29) is 11.9 Å². The van der Waals surface area contributed by atoms with E-state index in [1.807, 2.05) is 13.0 Å². The zero-order chi connectivity index (χ0) is 14.8. The van der Waals surface area contributed by atoms with Gasteiger partial charge in [-0.05, 0) is 48.9 Å². The summed E-state index contributed by atoms with van der Waals surface area (Å²) in [6.45, 7) is 8.61. The largest absolute Gasteiger partial charge is 0.371 e. The maximum atomic E-state index is 13.4. The lowest BCUT2D eigenvalue weighted by molar-refractivity contribution is 0.199. The summed E-state index contributed by atoms with van der Waals surface area (Å²) >= 11 is 0. The Kier molecular flexibility index (Phi) is 4.69. The van der Waals surface area contributed by atoms with Gasteiger partial charge in [-0.25, -0.2) is 4.39 Å². The summed E-state index contributed by atoms with van der Waals surface area (Å²) in [7, 11) is 0. The molecule has 1 aromatic rings. The van der Waals surface area contributed by atoms with Crippen LogP contribution in [-0.2, 0) is 0 Å². The van der Waals surface area contributed by atoms with Crippen LogP contribution in [0.4, 0.5) is 10.1 Å². The van der Waals surface area contributed by atoms with E-state index < -0.39 is 0 Å². The third-order valence-corrected chi connectivity index (χ3v) is 5.14. The molecule has 1 aliphatic rings. The van der Waals surface area contributed by atoms with Crippen LogP contribution in [0.3, 0.4) is 0 Å². The van der Waals surface area contributed by atoms with Gasteiger partial charge in [0.1, 0.15) is 5.82 Å². The predicted octanol–water partition coefficient (Wildman–Crippen LogP) is 4.25. The van der Waals surface area contributed by atoms with Crippen molar-refractivity contribution in [3.63, 3.8) is 0 Å². The number of halogens is 1. The molecule has 112 valence electrons. The lowest BCUT2D eigenvalue weighted by Gasteiger charge is -2.42. The molecule has 0 aliphatic carbocycles. The van der Waals surface area contributed by atoms with Crippen LogP contribution in [0.5, 0.6) is 0 Å². The Morgan fingerprint density at radius 1 is 1.25 bits per heavy atom. The lowest BCUT2D eigenvalue weighted by atomic mass is 9.74. The quantitative estimate of drug-likeness (QED) is 0.892. The van der Waals surface area contributed by atoms with Gasteiger partial charge >= 0.3 is 0 Å². The minimum atomic E-state index is -0.200. The van der Waals surface area contributed by atoms with E-state index >= 15 is 0 Å². The van der Waals surface area contributed by atoms with Crippen molar-refractivity contribution in [2.45, 2.75) is 52.5 Å². The van der Waals surface area contributed by atoms with Crippen LogP contribution < -0.4 is 10.6 Å². The number of hydrogen-bond donors (Lipinski definition) is 1. The first-order chi connectivity index (χ1) is 9.51. The summed E-state index contributed by atoms with van der Waals surface area (Å²) in [5.74, 6) is -0.200. The number of rotatable bonds is 4. The van der Waals surface area contributed by atoms with Gasteiger partial charge in [0.2, 0.25) is 0 Å². The van der Waals surface area contributed by atoms with Gasteiger partial charge < -0.3 is 10.6 Å². The van der Waals surface area contributed by atoms with E-state index in [9.17, 15) is 4.39 Å². The SMILES string of the molecule is CCC1(CC)CCN(c2ccc(F)cc2[C@H](C)N)CC1. The zero-order valence-corrected chi connectivity index (χ0v) is 13.0. The van der Waals surface area contributed by atoms with Crippen LogP contribution in [0.15, 0.2) is 18.2 Å². The average Bonchev–Trinajstić information content (AvgIpc) is 2.47. The molecule has 1 aliphatic heterocycles. The number of nitrogens with zero attached hydrogens (tertiary/aromatic N) is 1. The number of anilines is 1. The van der Waals surface area contributed by atoms with E-state index in [0.717, 1.165) is 24.3 Å². The van der Waals surface area contributed by atoms with Gasteiger partial charge in [-0.15, -0.1) is 0 Å². The molecule has 1 aromatic carbocycles. The highest BCUT2D eigenvalue weighted by Crippen LogP contribution is 2.40. The van der Waals surface area contributed by atoms with Gasteiger partial charge in [-0.3, -0.25) is 0 Å². The molecule has 2 nitrogen and oxygen atoms in total. The van der Waals surface area contributed by atoms with Crippen LogP contribution in [0.25, 0.3) is 0 Å². The van der Waals surface area contributed by atoms with E-state index in [1.165, 1.54) is 25.7 Å². The second-order valence-corrected chi connectivity index (χ2v) is 6.19. The van der Waals surface area contributed by atoms with Crippen LogP contribution in [0.1, 0.15) is 58.1 Å². The Morgan fingerprint density at radius 3 is 2.35 bits per heavy atom. The molecule has 0 amide bonds. The molecule has 3 heteroatoms. The number of benzene rings is 1. The van der Waals surface area contributed by atoms with Crippen molar-refractivity contribution in [2.75, 3.05) is 18.0 Å². The van der Waals surface area contributed by atoms with Crippen LogP contribution in [0, 0.1) is 11.2 Å². The van der Waals surface area contributed by atoms with Crippen molar-refractivity contribution < 1.29 is 4.39 Å². The maximum absolute atomic E-state index is 13.4. The fourth-order valence-electron chi connectivity index (χ4n) is 3.36. The molecular weight excluding hydrogens is 251 g/mol. The van der Waals surface area contributed by atoms with Gasteiger partial charge in [0.15, 0.2) is 0 Å². The number of nitrogens with two attached hydrogens (primary N) is 1. The predicted molar refractivity (Wildman–Crippen MR) is 83.5 cm³/mol. The van der Waals surface area contributed by atoms with Gasteiger partial charge in [0.05, 0.1) is 0 Å². The normalized spacial score (nSPS) is 19.9. The van der Waals surface area contributed by atoms with Crippen LogP contribution >= 0.6 is 0 Å². The molecule has 0 radical (unpaired) electrons. The summed E-state index contributed by atoms with van der Waals surface area (Å²) in [6.07, 6.45) is 4.94. The minimum absolute atomic E-state index is 0.135. The summed E-state index contributed by atoms with van der Waals surface area (Å²) in [6, 6.07) is 4.88. The molecule has 0 bridgehead atoms. The first-order valence-corrected chi connectivity index (χ1v) is 7.81. The van der Waals surface area contributed by atoms with Crippen molar-refractivity contribution >= 4 is 5.69 Å². The number of piperidine rings is 1. The van der Waals surface area contributed by atoms with E-state index in [1.54, 1.807) is 12.1 Å². The van der Waals surface area contributed by atoms with E-state index in [2.05, 4.69) is 18.7 Å². The highest BCUT2D eigenvalue weighted by Gasteiger charge is 2.32. The first-order valence-electron chi connectivity index (χ1n) is 7.81. The monoisotopic (exact) mass is 278 g/mol. The molecule has 20 heavy (non-hydrogen) atoms. The molecule has 2 rings (SSSR count). The van der Waals surface area contributed by atoms with Crippen molar-refractivity contribution in [3.8, 4) is 0 Å². The molecule has 1 fully saturated rings. The first kappa shape index (κ1) is 15.3. The Balaban J connectivity index is 2.18. The summed E-state index contributed by atoms with van der Waals surface area (Å²) in [5, 5.41) is 0. The van der Waals surface area contributed by atoms with Gasteiger partial charge in [-0.1, -0.05) is 26.7 Å². The smallest absolute Gasteiger partial charge is 0.123 e. The van der Waals surface area contributed by atoms with Crippen molar-refractivity contribution in [1.82, 2.24) is 0 Å². The standard InChI is InChI=1S/C17H27FN2/c1-4-17(5-2)8-10-20(11-9-17)16-7-6-14(18)12-15(16)13(3)19/h6-7,12-13H,4-5,8-11,19H2,1-3H3/t13-/m0/s1. The Morgan fingerprint density at radius 2 is 1.85 bits per heavy atom. The van der Waals surface area contributed by atoms with Crippen LogP contribution in [-0.4, -0.2) is 13.1 Å². The highest BCUT2D eigenvalue weighted by molar-refractivity contribution is 5.55. The molecular formula is C17H27FN2. The second kappa shape index (κ2) is 6.13. The third kappa shape index (κ3) is 2.98. The van der Waals surface area contributed by atoms with Crippen molar-refractivity contribution in [3.05, 3.63) is 29.6 Å². The van der Waals surface area contributed by atoms with Crippen molar-refractivity contribution in [2.24, 2.45) is 11.1 Å². The molecule has 0 aromatic heterocycles. The van der Waals surface area contributed by atoms with Crippen molar-refractivity contribution in [1.29, 1.82) is 0 Å². The van der Waals surface area contributed by atoms with Gasteiger partial charge in [-0.2, -0.15) is 0 Å². The molecule has 0 saturated carbocycles. The molecule has 0 unspecified atom stereocenters. The second-order valence-electron chi connectivity index (χ2n) is 6.19. The third-order valence-electron chi connectivity index (χ3n) is 5.14. The van der Waals surface area contributed by atoms with Crippen LogP contribution in [0.2, 0.25) is 0 Å². The summed E-state index contributed by atoms with van der Waals surface area (Å²) < 4.78 is 13.4. The maximum Gasteiger partial charge on any atom is 0.123 e. The van der Waals surface area contributed by atoms with Gasteiger partial charge in [0, 0.05) is 24.8 Å². The fraction of sp³-hybridized carbons (Fsp3) is 0.647. The van der Waals surface area contributed by atoms with Gasteiger partial charge in [0.25, 0.3) is 0 Å².